The summed E-state index contributed by atoms with van der Waals surface area (Å²) < 4.78 is 48.4. The number of methoxy groups -OCH3 is 3. The van der Waals surface area contributed by atoms with E-state index in [1.807, 2.05) is 51.2 Å². The summed E-state index contributed by atoms with van der Waals surface area (Å²) in [6.07, 6.45) is 11.0. The summed E-state index contributed by atoms with van der Waals surface area (Å²) in [5, 5.41) is 23.6. The lowest BCUT2D eigenvalue weighted by Crippen LogP contribution is -2.65. The molecule has 68 heavy (non-hydrogen) atoms. The summed E-state index contributed by atoms with van der Waals surface area (Å²) in [6.45, 7) is 14.0. The first-order chi connectivity index (χ1) is 32.0. The molecule has 0 radical (unpaired) electrons. The molecule has 0 spiro atoms. The van der Waals surface area contributed by atoms with Crippen LogP contribution in [0.5, 0.6) is 0 Å². The number of nitrogens with zero attached hydrogens (tertiary/aromatic N) is 1. The van der Waals surface area contributed by atoms with E-state index in [0.717, 1.165) is 5.57 Å². The summed E-state index contributed by atoms with van der Waals surface area (Å²) in [5.74, 6) is -8.61. The first-order valence-electron chi connectivity index (χ1n) is 24.8. The number of carbonyl (C=O) groups excluding carboxylic acids is 5. The number of ether oxygens (including phenoxy) is 5. The van der Waals surface area contributed by atoms with Gasteiger partial charge < -0.3 is 43.3 Å². The number of Topliss-reactive ketones (excluding diaryl/α,β-unsaturated/α-hetero) is 3. The summed E-state index contributed by atoms with van der Waals surface area (Å²) in [7, 11) is 1.73. The summed E-state index contributed by atoms with van der Waals surface area (Å²) in [5.41, 5.74) is 1.27. The summed E-state index contributed by atoms with van der Waals surface area (Å²) in [4.78, 5) is 72.5. The van der Waals surface area contributed by atoms with Crippen molar-refractivity contribution in [1.29, 1.82) is 0 Å². The van der Waals surface area contributed by atoms with Gasteiger partial charge in [-0.05, 0) is 101 Å². The topological polar surface area (TPSA) is 201 Å². The van der Waals surface area contributed by atoms with Gasteiger partial charge in [0.25, 0.3) is 11.7 Å². The fraction of sp³-hybridized carbons (Fsp3) is 0.750. The van der Waals surface area contributed by atoms with Crippen molar-refractivity contribution in [2.75, 3.05) is 41.2 Å². The highest BCUT2D eigenvalue weighted by molar-refractivity contribution is 7.57. The maximum Gasteiger partial charge on any atom is 0.329 e. The molecule has 4 bridgehead atoms. The van der Waals surface area contributed by atoms with Gasteiger partial charge in [0.15, 0.2) is 13.2 Å². The van der Waals surface area contributed by atoms with Crippen molar-refractivity contribution in [1.82, 2.24) is 4.90 Å². The highest BCUT2D eigenvalue weighted by atomic mass is 31.2. The van der Waals surface area contributed by atoms with E-state index in [1.165, 1.54) is 12.0 Å². The van der Waals surface area contributed by atoms with Crippen LogP contribution in [0.3, 0.4) is 0 Å². The van der Waals surface area contributed by atoms with E-state index in [2.05, 4.69) is 0 Å². The number of aliphatic hydroxyl groups is 2. The molecule has 3 saturated heterocycles. The molecule has 16 heteroatoms. The Labute approximate surface area is 404 Å². The van der Waals surface area contributed by atoms with Gasteiger partial charge in [-0.2, -0.15) is 0 Å². The molecule has 0 aromatic carbocycles. The molecule has 15 nitrogen and oxygen atoms in total. The fourth-order valence-electron chi connectivity index (χ4n) is 11.4. The Morgan fingerprint density at radius 1 is 0.853 bits per heavy atom. The van der Waals surface area contributed by atoms with Crippen LogP contribution < -0.4 is 0 Å². The second kappa shape index (κ2) is 24.3. The van der Waals surface area contributed by atoms with Crippen LogP contribution in [0.25, 0.3) is 0 Å². The molecule has 5 aliphatic rings. The predicted molar refractivity (Wildman–Crippen MR) is 257 cm³/mol. The highest BCUT2D eigenvalue weighted by Gasteiger charge is 2.57. The number of piperidine rings is 1. The van der Waals surface area contributed by atoms with Crippen molar-refractivity contribution in [3.05, 3.63) is 47.6 Å². The van der Waals surface area contributed by atoms with Gasteiger partial charge in [0.2, 0.25) is 5.79 Å². The minimum atomic E-state index is -2.82. The number of fused-ring (bicyclic) bond motifs is 4. The van der Waals surface area contributed by atoms with Crippen molar-refractivity contribution < 1.29 is 67.0 Å². The van der Waals surface area contributed by atoms with Crippen LogP contribution >= 0.6 is 7.37 Å². The van der Waals surface area contributed by atoms with Gasteiger partial charge in [-0.25, -0.2) is 4.79 Å². The normalized spacial score (nSPS) is 40.8. The molecule has 2 N–H and O–H groups in total. The zero-order valence-electron chi connectivity index (χ0n) is 42.3. The highest BCUT2D eigenvalue weighted by Crippen LogP contribution is 2.48. The lowest BCUT2D eigenvalue weighted by atomic mass is 9.68. The molecule has 1 amide bonds. The lowest BCUT2D eigenvalue weighted by Gasteiger charge is -2.50. The van der Waals surface area contributed by atoms with E-state index in [0.29, 0.717) is 69.8 Å². The summed E-state index contributed by atoms with van der Waals surface area (Å²) in [6, 6.07) is -1.15. The molecule has 4 fully saturated rings. The number of allylic oxidation sites excluding steroid dienone is 6. The number of amides is 1. The Morgan fingerprint density at radius 2 is 1.57 bits per heavy atom. The van der Waals surface area contributed by atoms with Crippen LogP contribution in [0.15, 0.2) is 47.6 Å². The van der Waals surface area contributed by atoms with Crippen molar-refractivity contribution in [2.45, 2.75) is 167 Å². The monoisotopic (exact) mass is 974 g/mol. The minimum Gasteiger partial charge on any atom is -0.460 e. The molecular weight excluding hydrogens is 894 g/mol. The first kappa shape index (κ1) is 55.8. The van der Waals surface area contributed by atoms with Crippen molar-refractivity contribution in [2.24, 2.45) is 41.4 Å². The second-order valence-corrected chi connectivity index (χ2v) is 23.6. The van der Waals surface area contributed by atoms with Crippen LogP contribution in [-0.4, -0.2) is 140 Å². The van der Waals surface area contributed by atoms with E-state index in [4.69, 9.17) is 28.2 Å². The Kier molecular flexibility index (Phi) is 20.0. The smallest absolute Gasteiger partial charge is 0.329 e. The third kappa shape index (κ3) is 13.6. The van der Waals surface area contributed by atoms with Crippen molar-refractivity contribution >= 4 is 36.6 Å². The largest absolute Gasteiger partial charge is 0.460 e. The minimum absolute atomic E-state index is 0.0155. The van der Waals surface area contributed by atoms with Crippen LogP contribution in [0.1, 0.15) is 112 Å². The third-order valence-corrected chi connectivity index (χ3v) is 16.1. The second-order valence-electron chi connectivity index (χ2n) is 20.8. The average Bonchev–Trinajstić information content (AvgIpc) is 3.29. The number of hydrogen-bond donors (Lipinski definition) is 2. The van der Waals surface area contributed by atoms with Gasteiger partial charge in [0.1, 0.15) is 30.1 Å². The van der Waals surface area contributed by atoms with Gasteiger partial charge >= 0.3 is 5.97 Å². The molecule has 4 aliphatic heterocycles. The van der Waals surface area contributed by atoms with E-state index in [-0.39, 0.29) is 48.6 Å². The maximum absolute atomic E-state index is 14.5. The average molecular weight is 974 g/mol. The first-order valence-corrected chi connectivity index (χ1v) is 27.3. The lowest BCUT2D eigenvalue weighted by molar-refractivity contribution is -0.266. The zero-order valence-corrected chi connectivity index (χ0v) is 43.2. The molecule has 16 atom stereocenters. The maximum atomic E-state index is 14.5. The molecule has 5 rings (SSSR count). The molecule has 6 unspecified atom stereocenters. The van der Waals surface area contributed by atoms with Gasteiger partial charge in [-0.1, -0.05) is 64.2 Å². The molecule has 382 valence electrons. The van der Waals surface area contributed by atoms with Gasteiger partial charge in [0, 0.05) is 77.7 Å². The van der Waals surface area contributed by atoms with Gasteiger partial charge in [-0.3, -0.25) is 23.7 Å². The van der Waals surface area contributed by atoms with Crippen LogP contribution in [-0.2, 0) is 56.7 Å². The quantitative estimate of drug-likeness (QED) is 0.115. The Bertz CT molecular complexity index is 1970. The standard InChI is InChI=1S/C52H80NO14P/c1-30-16-13-12-14-17-31(2)42(62-7)28-37-21-19-35(6)52(60,66-37)49(57)50(58)53-23-15-18-38-39(26-36-20-22-41(44(27-36)63-8)67-68(10,11)61)43(65-51(59)45(38)53)29-40(54)32(3)25-34(5)47(56)48(64-9)46(55)33(4)24-30/h12-14,16-17,25,30,32-33,35-39,41-45,47-48,56,60H,15,18-24,26-29H2,1-11H3/b14-12+,16-13+,31-17?,34-25+/t30?,32?,33-,35-,36+,37+,38-,39?,41-,42+,43?,44-,45?,47-,48+,52?/m1/s1. The third-order valence-electron chi connectivity index (χ3n) is 15.3. The fourth-order valence-corrected chi connectivity index (χ4v) is 12.2. The zero-order chi connectivity index (χ0) is 50.2. The predicted octanol–water partition coefficient (Wildman–Crippen LogP) is 6.96. The number of ketones is 3. The van der Waals surface area contributed by atoms with E-state index < -0.39 is 97.0 Å². The van der Waals surface area contributed by atoms with Crippen LogP contribution in [0, 0.1) is 41.4 Å². The van der Waals surface area contributed by atoms with Gasteiger partial charge in [-0.15, -0.1) is 0 Å². The molecule has 1 saturated carbocycles. The Balaban J connectivity index is 1.51. The number of aliphatic hydroxyl groups excluding tert-OH is 1. The van der Waals surface area contributed by atoms with E-state index in [9.17, 15) is 38.8 Å². The summed E-state index contributed by atoms with van der Waals surface area (Å²) >= 11 is 0. The van der Waals surface area contributed by atoms with Crippen LogP contribution in [0.2, 0.25) is 0 Å². The Hall–Kier alpha value is -3.14. The van der Waals surface area contributed by atoms with Gasteiger partial charge in [0.05, 0.1) is 24.4 Å². The molecule has 1 aliphatic carbocycles. The van der Waals surface area contributed by atoms with Crippen molar-refractivity contribution in [3.63, 3.8) is 0 Å². The number of rotatable bonds is 7. The Morgan fingerprint density at radius 3 is 2.24 bits per heavy atom. The molecule has 0 aromatic rings. The molecule has 4 heterocycles. The van der Waals surface area contributed by atoms with Crippen LogP contribution in [0.4, 0.5) is 0 Å². The number of hydrogen-bond acceptors (Lipinski definition) is 14. The molecular formula is C52H80NO14P. The number of esters is 1. The van der Waals surface area contributed by atoms with Crippen molar-refractivity contribution in [3.8, 4) is 0 Å². The number of carbonyl (C=O) groups is 5. The SMILES string of the molecule is CO[C@H]1C[C@@H]2CC[C@@H](C)C(O)(O2)C(=O)C(=O)N2CCC[C@@H]3C(C[C@@H]4CC[C@@H](OP(C)(C)=O)[C@H](OC)C4)C(CC(=O)C(C)/C=C(\C)[C@@H](O)[C@@H](OC)C(=O)[C@H](C)CC(C)/C=C/C=C/C=C1C)OC(=O)C32. The molecule has 0 aromatic heterocycles. The van der Waals surface area contributed by atoms with E-state index >= 15 is 0 Å². The van der Waals surface area contributed by atoms with E-state index in [1.54, 1.807) is 54.4 Å².